The number of aromatic nitrogens is 1. The van der Waals surface area contributed by atoms with Gasteiger partial charge >= 0.3 is 5.97 Å². The van der Waals surface area contributed by atoms with E-state index in [-0.39, 0.29) is 11.9 Å². The average Bonchev–Trinajstić information content (AvgIpc) is 2.41. The van der Waals surface area contributed by atoms with Crippen LogP contribution in [0.15, 0.2) is 36.7 Å². The maximum atomic E-state index is 11.7. The van der Waals surface area contributed by atoms with Crippen molar-refractivity contribution in [1.82, 2.24) is 4.98 Å². The van der Waals surface area contributed by atoms with Crippen LogP contribution in [0.2, 0.25) is 0 Å². The molecule has 0 saturated heterocycles. The molecule has 1 aliphatic rings. The average molecular weight is 231 g/mol. The van der Waals surface area contributed by atoms with Crippen molar-refractivity contribution in [3.63, 3.8) is 0 Å². The number of ether oxygens (including phenoxy) is 1. The SMILES string of the molecule is O=C(OCCc1cccnc1)C1C=CCCC1. The van der Waals surface area contributed by atoms with E-state index < -0.39 is 0 Å². The molecule has 1 aliphatic carbocycles. The van der Waals surface area contributed by atoms with Crippen LogP contribution in [0.1, 0.15) is 24.8 Å². The van der Waals surface area contributed by atoms with Crippen molar-refractivity contribution in [3.05, 3.63) is 42.2 Å². The summed E-state index contributed by atoms with van der Waals surface area (Å²) in [7, 11) is 0. The highest BCUT2D eigenvalue weighted by atomic mass is 16.5. The number of allylic oxidation sites excluding steroid dienone is 1. The molecule has 0 saturated carbocycles. The van der Waals surface area contributed by atoms with E-state index in [1.807, 2.05) is 18.2 Å². The predicted octanol–water partition coefficient (Wildman–Crippen LogP) is 2.52. The van der Waals surface area contributed by atoms with Crippen LogP contribution >= 0.6 is 0 Å². The lowest BCUT2D eigenvalue weighted by Gasteiger charge is -2.15. The van der Waals surface area contributed by atoms with Gasteiger partial charge in [-0.25, -0.2) is 0 Å². The quantitative estimate of drug-likeness (QED) is 0.590. The van der Waals surface area contributed by atoms with Gasteiger partial charge in [0.2, 0.25) is 0 Å². The second-order valence-electron chi connectivity index (χ2n) is 4.24. The van der Waals surface area contributed by atoms with E-state index in [9.17, 15) is 4.79 Å². The molecule has 1 atom stereocenters. The van der Waals surface area contributed by atoms with Crippen molar-refractivity contribution >= 4 is 5.97 Å². The van der Waals surface area contributed by atoms with E-state index in [0.29, 0.717) is 6.61 Å². The van der Waals surface area contributed by atoms with Crippen molar-refractivity contribution in [3.8, 4) is 0 Å². The second kappa shape index (κ2) is 6.18. The predicted molar refractivity (Wildman–Crippen MR) is 65.4 cm³/mol. The molecule has 0 aromatic carbocycles. The Morgan fingerprint density at radius 3 is 3.18 bits per heavy atom. The molecule has 2 rings (SSSR count). The van der Waals surface area contributed by atoms with Crippen molar-refractivity contribution in [2.45, 2.75) is 25.7 Å². The molecule has 90 valence electrons. The molecule has 0 aliphatic heterocycles. The van der Waals surface area contributed by atoms with Crippen LogP contribution in [0.25, 0.3) is 0 Å². The van der Waals surface area contributed by atoms with Crippen molar-refractivity contribution < 1.29 is 9.53 Å². The summed E-state index contributed by atoms with van der Waals surface area (Å²) in [6.07, 6.45) is 11.4. The second-order valence-corrected chi connectivity index (χ2v) is 4.24. The summed E-state index contributed by atoms with van der Waals surface area (Å²) in [4.78, 5) is 15.7. The van der Waals surface area contributed by atoms with E-state index in [1.165, 1.54) is 0 Å². The summed E-state index contributed by atoms with van der Waals surface area (Å²) >= 11 is 0. The zero-order chi connectivity index (χ0) is 11.9. The van der Waals surface area contributed by atoms with Gasteiger partial charge in [0.05, 0.1) is 12.5 Å². The zero-order valence-corrected chi connectivity index (χ0v) is 9.84. The Bertz CT molecular complexity index is 386. The third kappa shape index (κ3) is 3.70. The third-order valence-electron chi connectivity index (χ3n) is 2.91. The molecule has 1 aromatic heterocycles. The molecule has 1 aromatic rings. The number of nitrogens with zero attached hydrogens (tertiary/aromatic N) is 1. The molecular weight excluding hydrogens is 214 g/mol. The van der Waals surface area contributed by atoms with Gasteiger partial charge in [-0.1, -0.05) is 18.2 Å². The maximum Gasteiger partial charge on any atom is 0.312 e. The van der Waals surface area contributed by atoms with Gasteiger partial charge in [0.1, 0.15) is 0 Å². The fourth-order valence-corrected chi connectivity index (χ4v) is 1.93. The smallest absolute Gasteiger partial charge is 0.312 e. The number of rotatable bonds is 4. The first-order chi connectivity index (χ1) is 8.36. The summed E-state index contributed by atoms with van der Waals surface area (Å²) in [5.74, 6) is -0.123. The number of carbonyl (C=O) groups is 1. The first-order valence-electron chi connectivity index (χ1n) is 6.08. The van der Waals surface area contributed by atoms with Gasteiger partial charge in [-0.05, 0) is 30.9 Å². The van der Waals surface area contributed by atoms with E-state index in [4.69, 9.17) is 4.74 Å². The lowest BCUT2D eigenvalue weighted by molar-refractivity contribution is -0.147. The fraction of sp³-hybridized carbons (Fsp3) is 0.429. The van der Waals surface area contributed by atoms with Crippen LogP contribution in [0.5, 0.6) is 0 Å². The van der Waals surface area contributed by atoms with Crippen LogP contribution < -0.4 is 0 Å². The van der Waals surface area contributed by atoms with E-state index in [2.05, 4.69) is 11.1 Å². The van der Waals surface area contributed by atoms with Crippen LogP contribution in [0.4, 0.5) is 0 Å². The largest absolute Gasteiger partial charge is 0.465 e. The lowest BCUT2D eigenvalue weighted by atomic mass is 9.96. The topological polar surface area (TPSA) is 39.2 Å². The number of hydrogen-bond acceptors (Lipinski definition) is 3. The van der Waals surface area contributed by atoms with Gasteiger partial charge in [0.25, 0.3) is 0 Å². The monoisotopic (exact) mass is 231 g/mol. The van der Waals surface area contributed by atoms with E-state index in [0.717, 1.165) is 31.2 Å². The van der Waals surface area contributed by atoms with E-state index >= 15 is 0 Å². The van der Waals surface area contributed by atoms with Crippen LogP contribution in [0.3, 0.4) is 0 Å². The summed E-state index contributed by atoms with van der Waals surface area (Å²) < 4.78 is 5.27. The van der Waals surface area contributed by atoms with Gasteiger partial charge in [-0.15, -0.1) is 0 Å². The summed E-state index contributed by atoms with van der Waals surface area (Å²) in [6, 6.07) is 3.88. The Balaban J connectivity index is 1.73. The van der Waals surface area contributed by atoms with Crippen LogP contribution in [-0.4, -0.2) is 17.6 Å². The Kier molecular flexibility index (Phi) is 4.30. The fourth-order valence-electron chi connectivity index (χ4n) is 1.93. The number of carbonyl (C=O) groups excluding carboxylic acids is 1. The molecule has 0 fully saturated rings. The molecule has 3 heteroatoms. The van der Waals surface area contributed by atoms with E-state index in [1.54, 1.807) is 12.4 Å². The molecule has 0 radical (unpaired) electrons. The van der Waals surface area contributed by atoms with Crippen molar-refractivity contribution in [1.29, 1.82) is 0 Å². The number of hydrogen-bond donors (Lipinski definition) is 0. The summed E-state index contributed by atoms with van der Waals surface area (Å²) in [5, 5.41) is 0. The standard InChI is InChI=1S/C14H17NO2/c16-14(13-6-2-1-3-7-13)17-10-8-12-5-4-9-15-11-12/h2,4-6,9,11,13H,1,3,7-8,10H2. The molecule has 0 spiro atoms. The first-order valence-corrected chi connectivity index (χ1v) is 6.08. The minimum Gasteiger partial charge on any atom is -0.465 e. The van der Waals surface area contributed by atoms with Gasteiger partial charge < -0.3 is 4.74 Å². The normalized spacial score (nSPS) is 18.9. The van der Waals surface area contributed by atoms with Gasteiger partial charge in [0, 0.05) is 18.8 Å². The van der Waals surface area contributed by atoms with Crippen LogP contribution in [-0.2, 0) is 16.0 Å². The van der Waals surface area contributed by atoms with Crippen molar-refractivity contribution in [2.24, 2.45) is 5.92 Å². The molecule has 3 nitrogen and oxygen atoms in total. The maximum absolute atomic E-state index is 11.7. The lowest BCUT2D eigenvalue weighted by Crippen LogP contribution is -2.18. The molecule has 1 heterocycles. The van der Waals surface area contributed by atoms with Crippen molar-refractivity contribution in [2.75, 3.05) is 6.61 Å². The molecule has 0 N–H and O–H groups in total. The zero-order valence-electron chi connectivity index (χ0n) is 9.84. The Labute approximate surface area is 102 Å². The highest BCUT2D eigenvalue weighted by Crippen LogP contribution is 2.18. The first kappa shape index (κ1) is 11.8. The highest BCUT2D eigenvalue weighted by Gasteiger charge is 2.18. The van der Waals surface area contributed by atoms with Gasteiger partial charge in [-0.2, -0.15) is 0 Å². The third-order valence-corrected chi connectivity index (χ3v) is 2.91. The number of pyridine rings is 1. The summed E-state index contributed by atoms with van der Waals surface area (Å²) in [5.41, 5.74) is 1.10. The summed E-state index contributed by atoms with van der Waals surface area (Å²) in [6.45, 7) is 0.439. The Morgan fingerprint density at radius 1 is 1.53 bits per heavy atom. The van der Waals surface area contributed by atoms with Gasteiger partial charge in [-0.3, -0.25) is 9.78 Å². The molecule has 0 bridgehead atoms. The minimum absolute atomic E-state index is 0.0300. The highest BCUT2D eigenvalue weighted by molar-refractivity contribution is 5.74. The number of esters is 1. The molecule has 17 heavy (non-hydrogen) atoms. The Morgan fingerprint density at radius 2 is 2.47 bits per heavy atom. The molecular formula is C14H17NO2. The van der Waals surface area contributed by atoms with Crippen LogP contribution in [0, 0.1) is 5.92 Å². The minimum atomic E-state index is -0.0927. The molecule has 1 unspecified atom stereocenters. The Hall–Kier alpha value is -1.64. The van der Waals surface area contributed by atoms with Gasteiger partial charge in [0.15, 0.2) is 0 Å². The molecule has 0 amide bonds.